The van der Waals surface area contributed by atoms with E-state index in [2.05, 4.69) is 20.9 Å². The van der Waals surface area contributed by atoms with E-state index in [9.17, 15) is 0 Å². The standard InChI is InChI=1S/C26H56NO3/c1-7-9-10-11-12-13-14-15-16-17-18-19-20-21-22-23-25-27(3,24-8-2)26(28-4,29-5)30-6/h7-25H2,1-6H3/q+1. The molecule has 0 amide bonds. The van der Waals surface area contributed by atoms with Crippen molar-refractivity contribution in [3.8, 4) is 0 Å². The Morgan fingerprint density at radius 2 is 0.800 bits per heavy atom. The topological polar surface area (TPSA) is 27.7 Å². The maximum absolute atomic E-state index is 5.66. The van der Waals surface area contributed by atoms with Crippen LogP contribution in [0.2, 0.25) is 0 Å². The van der Waals surface area contributed by atoms with Gasteiger partial charge in [0.05, 0.1) is 20.1 Å². The summed E-state index contributed by atoms with van der Waals surface area (Å²) < 4.78 is 17.6. The monoisotopic (exact) mass is 430 g/mol. The van der Waals surface area contributed by atoms with Gasteiger partial charge in [0.2, 0.25) is 0 Å². The first-order valence-corrected chi connectivity index (χ1v) is 13.1. The van der Waals surface area contributed by atoms with Crippen LogP contribution in [0.15, 0.2) is 0 Å². The highest BCUT2D eigenvalue weighted by molar-refractivity contribution is 4.52. The van der Waals surface area contributed by atoms with Crippen molar-refractivity contribution < 1.29 is 18.7 Å². The van der Waals surface area contributed by atoms with E-state index in [1.165, 1.54) is 103 Å². The molecule has 1 atom stereocenters. The molecule has 0 aliphatic heterocycles. The predicted molar refractivity (Wildman–Crippen MR) is 130 cm³/mol. The Kier molecular flexibility index (Phi) is 19.4. The summed E-state index contributed by atoms with van der Waals surface area (Å²) in [7, 11) is 7.21. The lowest BCUT2D eigenvalue weighted by molar-refractivity contribution is -1.04. The molecule has 0 N–H and O–H groups in total. The van der Waals surface area contributed by atoms with Crippen molar-refractivity contribution in [1.82, 2.24) is 0 Å². The quantitative estimate of drug-likeness (QED) is 0.0946. The molecule has 0 bridgehead atoms. The first kappa shape index (κ1) is 29.8. The summed E-state index contributed by atoms with van der Waals surface area (Å²) in [5, 5.41) is 0. The number of quaternary nitrogens is 1. The van der Waals surface area contributed by atoms with Gasteiger partial charge in [0.15, 0.2) is 0 Å². The van der Waals surface area contributed by atoms with Crippen molar-refractivity contribution in [1.29, 1.82) is 0 Å². The normalized spacial score (nSPS) is 14.2. The Labute approximate surface area is 189 Å². The number of hydrogen-bond donors (Lipinski definition) is 0. The van der Waals surface area contributed by atoms with Gasteiger partial charge in [-0.25, -0.2) is 4.48 Å². The highest BCUT2D eigenvalue weighted by atomic mass is 16.9. The van der Waals surface area contributed by atoms with Crippen LogP contribution in [-0.4, -0.2) is 52.0 Å². The van der Waals surface area contributed by atoms with Gasteiger partial charge < -0.3 is 0 Å². The average Bonchev–Trinajstić information content (AvgIpc) is 2.75. The van der Waals surface area contributed by atoms with E-state index < -0.39 is 6.10 Å². The van der Waals surface area contributed by atoms with Crippen LogP contribution >= 0.6 is 0 Å². The molecule has 30 heavy (non-hydrogen) atoms. The first-order chi connectivity index (χ1) is 14.6. The molecule has 0 fully saturated rings. The van der Waals surface area contributed by atoms with Gasteiger partial charge in [-0.1, -0.05) is 104 Å². The van der Waals surface area contributed by atoms with E-state index in [0.29, 0.717) is 4.48 Å². The second-order valence-electron chi connectivity index (χ2n) is 9.28. The molecule has 4 heteroatoms. The third-order valence-corrected chi connectivity index (χ3v) is 6.66. The van der Waals surface area contributed by atoms with E-state index in [0.717, 1.165) is 19.5 Å². The molecule has 0 radical (unpaired) electrons. The SMILES string of the molecule is CCCCCCCCCCCCCCCCCC[N+](C)(CCC)C(OC)(OC)OC. The third-order valence-electron chi connectivity index (χ3n) is 6.66. The van der Waals surface area contributed by atoms with Crippen LogP contribution in [-0.2, 0) is 14.2 Å². The lowest BCUT2D eigenvalue weighted by atomic mass is 10.0. The molecule has 0 rings (SSSR count). The van der Waals surface area contributed by atoms with Crippen LogP contribution in [0.3, 0.4) is 0 Å². The summed E-state index contributed by atoms with van der Waals surface area (Å²) in [5.41, 5.74) is 0. The van der Waals surface area contributed by atoms with Crippen LogP contribution < -0.4 is 0 Å². The van der Waals surface area contributed by atoms with Gasteiger partial charge in [-0.2, -0.15) is 0 Å². The van der Waals surface area contributed by atoms with Crippen molar-refractivity contribution in [3.05, 3.63) is 0 Å². The van der Waals surface area contributed by atoms with Crippen molar-refractivity contribution in [2.75, 3.05) is 41.5 Å². The van der Waals surface area contributed by atoms with E-state index in [1.807, 2.05) is 0 Å². The molecule has 182 valence electrons. The zero-order chi connectivity index (χ0) is 22.6. The molecule has 0 heterocycles. The Balaban J connectivity index is 3.71. The molecular formula is C26H56NO3+. The van der Waals surface area contributed by atoms with Crippen LogP contribution in [0, 0.1) is 0 Å². The van der Waals surface area contributed by atoms with Gasteiger partial charge >= 0.3 is 6.10 Å². The maximum atomic E-state index is 5.66. The number of hydrogen-bond acceptors (Lipinski definition) is 3. The van der Waals surface area contributed by atoms with Gasteiger partial charge in [-0.3, -0.25) is 14.2 Å². The van der Waals surface area contributed by atoms with E-state index in [1.54, 1.807) is 21.3 Å². The molecule has 1 unspecified atom stereocenters. The van der Waals surface area contributed by atoms with Crippen LogP contribution in [0.4, 0.5) is 0 Å². The average molecular weight is 431 g/mol. The molecular weight excluding hydrogens is 374 g/mol. The number of nitrogens with zero attached hydrogens (tertiary/aromatic N) is 1. The zero-order valence-corrected chi connectivity index (χ0v) is 21.6. The lowest BCUT2D eigenvalue weighted by Gasteiger charge is -2.45. The summed E-state index contributed by atoms with van der Waals surface area (Å²) >= 11 is 0. The Morgan fingerprint density at radius 1 is 0.467 bits per heavy atom. The Hall–Kier alpha value is -0.160. The van der Waals surface area contributed by atoms with Crippen LogP contribution in [0.1, 0.15) is 123 Å². The summed E-state index contributed by atoms with van der Waals surface area (Å²) in [6, 6.07) is 0. The summed E-state index contributed by atoms with van der Waals surface area (Å²) in [4.78, 5) is 0. The minimum absolute atomic E-state index is 0.644. The van der Waals surface area contributed by atoms with Crippen LogP contribution in [0.25, 0.3) is 0 Å². The molecule has 0 aromatic carbocycles. The fourth-order valence-electron chi connectivity index (χ4n) is 4.80. The molecule has 0 saturated heterocycles. The second kappa shape index (κ2) is 19.5. The molecule has 0 aromatic rings. The van der Waals surface area contributed by atoms with Crippen molar-refractivity contribution in [3.63, 3.8) is 0 Å². The van der Waals surface area contributed by atoms with E-state index in [-0.39, 0.29) is 0 Å². The summed E-state index contributed by atoms with van der Waals surface area (Å²) in [6.45, 7) is 6.49. The lowest BCUT2D eigenvalue weighted by Crippen LogP contribution is -2.66. The number of rotatable bonds is 23. The zero-order valence-electron chi connectivity index (χ0n) is 21.6. The van der Waals surface area contributed by atoms with E-state index in [4.69, 9.17) is 14.2 Å². The second-order valence-corrected chi connectivity index (χ2v) is 9.28. The minimum Gasteiger partial charge on any atom is -0.281 e. The van der Waals surface area contributed by atoms with Gasteiger partial charge in [-0.05, 0) is 19.3 Å². The van der Waals surface area contributed by atoms with E-state index >= 15 is 0 Å². The van der Waals surface area contributed by atoms with Gasteiger partial charge in [0.1, 0.15) is 0 Å². The Bertz CT molecular complexity index is 352. The number of methoxy groups -OCH3 is 3. The fraction of sp³-hybridized carbons (Fsp3) is 1.00. The molecule has 0 aliphatic rings. The number of ether oxygens (including phenoxy) is 3. The van der Waals surface area contributed by atoms with Gasteiger partial charge in [-0.15, -0.1) is 0 Å². The first-order valence-electron chi connectivity index (χ1n) is 13.1. The minimum atomic E-state index is -0.995. The molecule has 4 nitrogen and oxygen atoms in total. The van der Waals surface area contributed by atoms with Gasteiger partial charge in [0.25, 0.3) is 0 Å². The van der Waals surface area contributed by atoms with Crippen molar-refractivity contribution in [2.45, 2.75) is 129 Å². The highest BCUT2D eigenvalue weighted by Crippen LogP contribution is 2.28. The maximum Gasteiger partial charge on any atom is 0.448 e. The third kappa shape index (κ3) is 12.0. The number of unbranched alkanes of at least 4 members (excludes halogenated alkanes) is 15. The largest absolute Gasteiger partial charge is 0.448 e. The molecule has 0 aliphatic carbocycles. The molecule has 0 spiro atoms. The van der Waals surface area contributed by atoms with Crippen molar-refractivity contribution >= 4 is 0 Å². The van der Waals surface area contributed by atoms with Crippen molar-refractivity contribution in [2.24, 2.45) is 0 Å². The summed E-state index contributed by atoms with van der Waals surface area (Å²) in [6.07, 6.45) is 22.4. The highest BCUT2D eigenvalue weighted by Gasteiger charge is 2.50. The Morgan fingerprint density at radius 3 is 1.10 bits per heavy atom. The fourth-order valence-corrected chi connectivity index (χ4v) is 4.80. The summed E-state index contributed by atoms with van der Waals surface area (Å²) in [5.74, 6) is 0. The van der Waals surface area contributed by atoms with Gasteiger partial charge in [0, 0.05) is 21.3 Å². The molecule has 0 saturated carbocycles. The van der Waals surface area contributed by atoms with Crippen LogP contribution in [0.5, 0.6) is 0 Å². The smallest absolute Gasteiger partial charge is 0.281 e. The predicted octanol–water partition coefficient (Wildman–Crippen LogP) is 7.66. The molecule has 0 aromatic heterocycles.